The van der Waals surface area contributed by atoms with E-state index in [-0.39, 0.29) is 30.8 Å². The quantitative estimate of drug-likeness (QED) is 0.442. The number of rotatable bonds is 11. The standard InChI is InChI=1S/C25H32BrFN2O3/c1-5-13-28-25(31)22(6-2)29(15-18-7-10-20(27)11-8-18)24(30)16-32-23-12-9-19(17(3)4)14-21(23)26/h7-12,14,17,22H,5-6,13,15-16H2,1-4H3,(H,28,31). The molecule has 2 amide bonds. The minimum Gasteiger partial charge on any atom is -0.483 e. The van der Waals surface area contributed by atoms with Crippen molar-refractivity contribution in [2.75, 3.05) is 13.2 Å². The Labute approximate surface area is 198 Å². The average Bonchev–Trinajstić information content (AvgIpc) is 2.77. The molecule has 1 N–H and O–H groups in total. The Morgan fingerprint density at radius 1 is 1.12 bits per heavy atom. The summed E-state index contributed by atoms with van der Waals surface area (Å²) >= 11 is 3.51. The number of ether oxygens (including phenoxy) is 1. The molecule has 0 radical (unpaired) electrons. The van der Waals surface area contributed by atoms with E-state index in [9.17, 15) is 14.0 Å². The maximum atomic E-state index is 13.3. The zero-order valence-corrected chi connectivity index (χ0v) is 20.7. The summed E-state index contributed by atoms with van der Waals surface area (Å²) in [6.45, 7) is 8.56. The lowest BCUT2D eigenvalue weighted by molar-refractivity contribution is -0.143. The molecule has 1 unspecified atom stereocenters. The zero-order chi connectivity index (χ0) is 23.7. The predicted molar refractivity (Wildman–Crippen MR) is 128 cm³/mol. The summed E-state index contributed by atoms with van der Waals surface area (Å²) in [5.41, 5.74) is 1.90. The van der Waals surface area contributed by atoms with E-state index in [4.69, 9.17) is 4.74 Å². The van der Waals surface area contributed by atoms with E-state index >= 15 is 0 Å². The third kappa shape index (κ3) is 7.33. The van der Waals surface area contributed by atoms with Crippen LogP contribution < -0.4 is 10.1 Å². The molecule has 2 aromatic carbocycles. The van der Waals surface area contributed by atoms with Crippen LogP contribution in [0.25, 0.3) is 0 Å². The second-order valence-electron chi connectivity index (χ2n) is 8.00. The topological polar surface area (TPSA) is 58.6 Å². The fourth-order valence-corrected chi connectivity index (χ4v) is 3.80. The number of halogens is 2. The minimum atomic E-state index is -0.644. The van der Waals surface area contributed by atoms with Crippen LogP contribution in [0.2, 0.25) is 0 Å². The van der Waals surface area contributed by atoms with E-state index in [2.05, 4.69) is 35.1 Å². The Balaban J connectivity index is 2.20. The van der Waals surface area contributed by atoms with Gasteiger partial charge >= 0.3 is 0 Å². The predicted octanol–water partition coefficient (Wildman–Crippen LogP) is 5.42. The number of nitrogens with zero attached hydrogens (tertiary/aromatic N) is 1. The highest BCUT2D eigenvalue weighted by Gasteiger charge is 2.29. The summed E-state index contributed by atoms with van der Waals surface area (Å²) in [5, 5.41) is 2.87. The van der Waals surface area contributed by atoms with Gasteiger partial charge in [-0.15, -0.1) is 0 Å². The molecule has 0 aliphatic carbocycles. The first kappa shape index (κ1) is 25.8. The summed E-state index contributed by atoms with van der Waals surface area (Å²) in [7, 11) is 0. The van der Waals surface area contributed by atoms with Gasteiger partial charge in [0.25, 0.3) is 5.91 Å². The van der Waals surface area contributed by atoms with Crippen LogP contribution in [0.4, 0.5) is 4.39 Å². The van der Waals surface area contributed by atoms with Crippen LogP contribution >= 0.6 is 15.9 Å². The van der Waals surface area contributed by atoms with Gasteiger partial charge in [0.05, 0.1) is 4.47 Å². The normalized spacial score (nSPS) is 11.8. The molecule has 0 saturated carbocycles. The third-order valence-corrected chi connectivity index (χ3v) is 5.79. The van der Waals surface area contributed by atoms with Crippen molar-refractivity contribution < 1.29 is 18.7 Å². The van der Waals surface area contributed by atoms with Gasteiger partial charge in [-0.1, -0.05) is 45.9 Å². The fourth-order valence-electron chi connectivity index (χ4n) is 3.29. The number of amides is 2. The van der Waals surface area contributed by atoms with Crippen molar-refractivity contribution in [3.63, 3.8) is 0 Å². The Bertz CT molecular complexity index is 903. The molecular weight excluding hydrogens is 475 g/mol. The van der Waals surface area contributed by atoms with Crippen molar-refractivity contribution in [1.82, 2.24) is 10.2 Å². The largest absolute Gasteiger partial charge is 0.483 e. The van der Waals surface area contributed by atoms with Gasteiger partial charge in [0.2, 0.25) is 5.91 Å². The van der Waals surface area contributed by atoms with E-state index in [1.807, 2.05) is 32.0 Å². The van der Waals surface area contributed by atoms with Gasteiger partial charge in [-0.05, 0) is 70.1 Å². The first-order valence-electron chi connectivity index (χ1n) is 11.0. The van der Waals surface area contributed by atoms with Gasteiger partial charge in [-0.3, -0.25) is 9.59 Å². The van der Waals surface area contributed by atoms with E-state index in [1.165, 1.54) is 17.0 Å². The molecule has 0 bridgehead atoms. The summed E-state index contributed by atoms with van der Waals surface area (Å²) in [6, 6.07) is 11.1. The number of nitrogens with one attached hydrogen (secondary N) is 1. The van der Waals surface area contributed by atoms with E-state index < -0.39 is 6.04 Å². The van der Waals surface area contributed by atoms with E-state index in [0.717, 1.165) is 22.0 Å². The molecule has 0 heterocycles. The highest BCUT2D eigenvalue weighted by Crippen LogP contribution is 2.29. The maximum absolute atomic E-state index is 13.3. The Kier molecular flexibility index (Phi) is 10.2. The van der Waals surface area contributed by atoms with E-state index in [0.29, 0.717) is 24.6 Å². The molecule has 2 aromatic rings. The van der Waals surface area contributed by atoms with Crippen molar-refractivity contribution >= 4 is 27.7 Å². The van der Waals surface area contributed by atoms with Crippen LogP contribution in [0.5, 0.6) is 5.75 Å². The molecular formula is C25H32BrFN2O3. The van der Waals surface area contributed by atoms with Crippen molar-refractivity contribution in [2.24, 2.45) is 0 Å². The minimum absolute atomic E-state index is 0.188. The average molecular weight is 507 g/mol. The molecule has 5 nitrogen and oxygen atoms in total. The van der Waals surface area contributed by atoms with Crippen LogP contribution in [0.3, 0.4) is 0 Å². The molecule has 0 aliphatic rings. The Morgan fingerprint density at radius 3 is 2.38 bits per heavy atom. The second-order valence-corrected chi connectivity index (χ2v) is 8.85. The molecule has 2 rings (SSSR count). The fraction of sp³-hybridized carbons (Fsp3) is 0.440. The van der Waals surface area contributed by atoms with Crippen LogP contribution in [-0.2, 0) is 16.1 Å². The van der Waals surface area contributed by atoms with Gasteiger partial charge in [0.15, 0.2) is 6.61 Å². The number of benzene rings is 2. The van der Waals surface area contributed by atoms with Crippen molar-refractivity contribution in [2.45, 2.75) is 59.0 Å². The zero-order valence-electron chi connectivity index (χ0n) is 19.2. The maximum Gasteiger partial charge on any atom is 0.261 e. The molecule has 0 aromatic heterocycles. The van der Waals surface area contributed by atoms with Crippen LogP contribution in [0.1, 0.15) is 57.6 Å². The van der Waals surface area contributed by atoms with Gasteiger partial charge < -0.3 is 15.0 Å². The molecule has 0 saturated heterocycles. The third-order valence-electron chi connectivity index (χ3n) is 5.18. The van der Waals surface area contributed by atoms with Crippen LogP contribution in [0.15, 0.2) is 46.9 Å². The number of hydrogen-bond acceptors (Lipinski definition) is 3. The van der Waals surface area contributed by atoms with Crippen molar-refractivity contribution in [3.05, 3.63) is 63.9 Å². The molecule has 32 heavy (non-hydrogen) atoms. The van der Waals surface area contributed by atoms with Gasteiger partial charge in [-0.2, -0.15) is 0 Å². The lowest BCUT2D eigenvalue weighted by Gasteiger charge is -2.30. The Morgan fingerprint density at radius 2 is 1.81 bits per heavy atom. The SMILES string of the molecule is CCCNC(=O)C(CC)N(Cc1ccc(F)cc1)C(=O)COc1ccc(C(C)C)cc1Br. The molecule has 1 atom stereocenters. The van der Waals surface area contributed by atoms with Crippen molar-refractivity contribution in [3.8, 4) is 5.75 Å². The van der Waals surface area contributed by atoms with Gasteiger partial charge in [0, 0.05) is 13.1 Å². The lowest BCUT2D eigenvalue weighted by atomic mass is 10.0. The van der Waals surface area contributed by atoms with Gasteiger partial charge in [-0.25, -0.2) is 4.39 Å². The summed E-state index contributed by atoms with van der Waals surface area (Å²) in [4.78, 5) is 27.4. The molecule has 174 valence electrons. The summed E-state index contributed by atoms with van der Waals surface area (Å²) in [6.07, 6.45) is 1.26. The monoisotopic (exact) mass is 506 g/mol. The lowest BCUT2D eigenvalue weighted by Crippen LogP contribution is -2.50. The van der Waals surface area contributed by atoms with Crippen LogP contribution in [-0.4, -0.2) is 35.9 Å². The molecule has 7 heteroatoms. The highest BCUT2D eigenvalue weighted by atomic mass is 79.9. The first-order chi connectivity index (χ1) is 15.3. The second kappa shape index (κ2) is 12.6. The summed E-state index contributed by atoms with van der Waals surface area (Å²) in [5.74, 6) is 0.0745. The highest BCUT2D eigenvalue weighted by molar-refractivity contribution is 9.10. The number of carbonyl (C=O) groups excluding carboxylic acids is 2. The van der Waals surface area contributed by atoms with E-state index in [1.54, 1.807) is 12.1 Å². The first-order valence-corrected chi connectivity index (χ1v) is 11.8. The Hall–Kier alpha value is -2.41. The van der Waals surface area contributed by atoms with Gasteiger partial charge in [0.1, 0.15) is 17.6 Å². The van der Waals surface area contributed by atoms with Crippen LogP contribution in [0, 0.1) is 5.82 Å². The smallest absolute Gasteiger partial charge is 0.261 e. The van der Waals surface area contributed by atoms with Crippen molar-refractivity contribution in [1.29, 1.82) is 0 Å². The summed E-state index contributed by atoms with van der Waals surface area (Å²) < 4.78 is 19.9. The molecule has 0 spiro atoms. The molecule has 0 fully saturated rings. The molecule has 0 aliphatic heterocycles. The number of carbonyl (C=O) groups is 2. The number of hydrogen-bond donors (Lipinski definition) is 1.